The van der Waals surface area contributed by atoms with Gasteiger partial charge in [0, 0.05) is 66.4 Å². The number of benzene rings is 3. The monoisotopic (exact) mass is 813 g/mol. The standard InChI is InChI=1S/C41H41ClFN7O8/c1-41(2,3)58-39(51)49-25-11-12-26(49)20-48(19-25)37-31-18-44-35(30-9-5-7-23-8-6-10-32(42)33(23)30)34(43)36(31)45-38(46-37)55-22-27-17-29(21-47(27)4)57-40(52)56-28-15-13-24(14-16-28)50(53)54/h5-10,13-16,18,25-27,29H,11-12,17,19-22H2,1-4H3/t25?,26?,27?,29-/m1/s1. The molecule has 0 radical (unpaired) electrons. The average molecular weight is 814 g/mol. The van der Waals surface area contributed by atoms with Gasteiger partial charge in [-0.2, -0.15) is 9.97 Å². The number of likely N-dealkylation sites (tertiary alicyclic amines) is 1. The van der Waals surface area contributed by atoms with Crippen LogP contribution in [0.5, 0.6) is 11.8 Å². The van der Waals surface area contributed by atoms with Crippen LogP contribution in [-0.4, -0.2) is 105 Å². The molecule has 5 heterocycles. The highest BCUT2D eigenvalue weighted by Gasteiger charge is 2.45. The summed E-state index contributed by atoms with van der Waals surface area (Å²) >= 11 is 6.64. The van der Waals surface area contributed by atoms with Crippen LogP contribution in [0.4, 0.5) is 25.5 Å². The van der Waals surface area contributed by atoms with E-state index in [2.05, 4.69) is 9.97 Å². The third-order valence-corrected chi connectivity index (χ3v) is 11.0. The minimum absolute atomic E-state index is 0.0194. The lowest BCUT2D eigenvalue weighted by molar-refractivity contribution is -0.384. The van der Waals surface area contributed by atoms with Gasteiger partial charge in [-0.15, -0.1) is 0 Å². The largest absolute Gasteiger partial charge is 0.514 e. The van der Waals surface area contributed by atoms with E-state index >= 15 is 4.39 Å². The van der Waals surface area contributed by atoms with E-state index in [0.29, 0.717) is 53.2 Å². The molecule has 3 aliphatic rings. The minimum atomic E-state index is -0.940. The number of halogens is 2. The molecule has 3 aromatic carbocycles. The summed E-state index contributed by atoms with van der Waals surface area (Å²) in [5.74, 6) is -0.115. The third-order valence-electron chi connectivity index (χ3n) is 10.7. The van der Waals surface area contributed by atoms with Gasteiger partial charge in [-0.3, -0.25) is 24.9 Å². The van der Waals surface area contributed by atoms with Crippen LogP contribution in [0.2, 0.25) is 5.02 Å². The number of aromatic nitrogens is 3. The van der Waals surface area contributed by atoms with E-state index in [1.54, 1.807) is 18.3 Å². The first kappa shape index (κ1) is 39.0. The predicted molar refractivity (Wildman–Crippen MR) is 213 cm³/mol. The number of pyridine rings is 1. The normalized spacial score (nSPS) is 20.7. The maximum absolute atomic E-state index is 17.0. The highest BCUT2D eigenvalue weighted by Crippen LogP contribution is 2.40. The van der Waals surface area contributed by atoms with Gasteiger partial charge in [-0.1, -0.05) is 41.9 Å². The molecule has 17 heteroatoms. The molecule has 302 valence electrons. The van der Waals surface area contributed by atoms with Crippen LogP contribution in [0.15, 0.2) is 66.9 Å². The van der Waals surface area contributed by atoms with Crippen molar-refractivity contribution in [3.05, 3.63) is 87.8 Å². The first-order chi connectivity index (χ1) is 27.7. The number of non-ortho nitro benzene ring substituents is 1. The molecule has 2 bridgehead atoms. The second-order valence-electron chi connectivity index (χ2n) is 15.8. The Balaban J connectivity index is 1.06. The summed E-state index contributed by atoms with van der Waals surface area (Å²) < 4.78 is 39.8. The first-order valence-corrected chi connectivity index (χ1v) is 19.4. The Morgan fingerprint density at radius 1 is 1.00 bits per heavy atom. The minimum Gasteiger partial charge on any atom is -0.462 e. The fourth-order valence-electron chi connectivity index (χ4n) is 8.07. The summed E-state index contributed by atoms with van der Waals surface area (Å²) in [4.78, 5) is 56.2. The zero-order chi connectivity index (χ0) is 40.9. The van der Waals surface area contributed by atoms with E-state index in [1.165, 1.54) is 24.3 Å². The van der Waals surface area contributed by atoms with Crippen molar-refractivity contribution in [3.8, 4) is 23.0 Å². The molecule has 0 N–H and O–H groups in total. The Hall–Kier alpha value is -5.87. The summed E-state index contributed by atoms with van der Waals surface area (Å²) in [5, 5.41) is 13.3. The van der Waals surface area contributed by atoms with E-state index in [1.807, 2.05) is 66.8 Å². The molecule has 0 saturated carbocycles. The van der Waals surface area contributed by atoms with Gasteiger partial charge in [0.05, 0.1) is 22.4 Å². The van der Waals surface area contributed by atoms with Crippen LogP contribution in [0, 0.1) is 15.9 Å². The highest BCUT2D eigenvalue weighted by atomic mass is 35.5. The Kier molecular flexibility index (Phi) is 10.4. The average Bonchev–Trinajstić information content (AvgIpc) is 3.66. The number of amides is 1. The molecular weight excluding hydrogens is 773 g/mol. The molecule has 3 unspecified atom stereocenters. The smallest absolute Gasteiger partial charge is 0.462 e. The fraction of sp³-hybridized carbons (Fsp3) is 0.390. The summed E-state index contributed by atoms with van der Waals surface area (Å²) in [6.45, 7) is 6.87. The van der Waals surface area contributed by atoms with E-state index in [0.717, 1.165) is 18.2 Å². The number of ether oxygens (including phenoxy) is 4. The van der Waals surface area contributed by atoms with Crippen LogP contribution in [0.25, 0.3) is 32.9 Å². The van der Waals surface area contributed by atoms with Crippen molar-refractivity contribution < 1.29 is 37.9 Å². The van der Waals surface area contributed by atoms with Crippen molar-refractivity contribution in [2.45, 2.75) is 69.9 Å². The van der Waals surface area contributed by atoms with Crippen molar-refractivity contribution in [2.75, 3.05) is 38.2 Å². The number of anilines is 1. The number of nitro benzene ring substituents is 1. The van der Waals surface area contributed by atoms with E-state index in [4.69, 9.17) is 35.5 Å². The molecule has 1 amide bonds. The second-order valence-corrected chi connectivity index (χ2v) is 16.2. The zero-order valence-corrected chi connectivity index (χ0v) is 33.0. The molecule has 4 atom stereocenters. The first-order valence-electron chi connectivity index (χ1n) is 19.0. The molecule has 0 aliphatic carbocycles. The molecule has 3 fully saturated rings. The number of nitro groups is 1. The van der Waals surface area contributed by atoms with Crippen molar-refractivity contribution in [1.29, 1.82) is 0 Å². The molecule has 8 rings (SSSR count). The maximum Gasteiger partial charge on any atom is 0.514 e. The number of carbonyl (C=O) groups excluding carboxylic acids is 2. The maximum atomic E-state index is 17.0. The Bertz CT molecular complexity index is 2400. The SMILES string of the molecule is CN1C[C@H](OC(=O)Oc2ccc([N+](=O)[O-])cc2)CC1COc1nc(N2CC3CCC(C2)N3C(=O)OC(C)(C)C)c2cnc(-c3cccc4cccc(Cl)c34)c(F)c2n1. The number of hydrogen-bond acceptors (Lipinski definition) is 13. The molecular formula is C41H41ClFN7O8. The van der Waals surface area contributed by atoms with Crippen molar-refractivity contribution in [2.24, 2.45) is 0 Å². The van der Waals surface area contributed by atoms with Gasteiger partial charge in [-0.25, -0.2) is 14.0 Å². The van der Waals surface area contributed by atoms with Gasteiger partial charge in [0.25, 0.3) is 5.69 Å². The van der Waals surface area contributed by atoms with Crippen LogP contribution in [0.3, 0.4) is 0 Å². The van der Waals surface area contributed by atoms with Crippen LogP contribution >= 0.6 is 11.6 Å². The number of hydrogen-bond donors (Lipinski definition) is 0. The number of piperazine rings is 1. The number of carbonyl (C=O) groups is 2. The molecule has 0 spiro atoms. The van der Waals surface area contributed by atoms with Gasteiger partial charge in [0.2, 0.25) is 0 Å². The molecule has 2 aromatic heterocycles. The van der Waals surface area contributed by atoms with Crippen molar-refractivity contribution in [1.82, 2.24) is 24.8 Å². The quantitative estimate of drug-likeness (QED) is 0.0646. The fourth-order valence-corrected chi connectivity index (χ4v) is 8.35. The number of likely N-dealkylation sites (N-methyl/N-ethyl adjacent to an activating group) is 1. The van der Waals surface area contributed by atoms with Gasteiger partial charge < -0.3 is 23.8 Å². The van der Waals surface area contributed by atoms with Crippen LogP contribution in [0.1, 0.15) is 40.0 Å². The van der Waals surface area contributed by atoms with Gasteiger partial charge in [0.15, 0.2) is 5.82 Å². The molecule has 15 nitrogen and oxygen atoms in total. The zero-order valence-electron chi connectivity index (χ0n) is 32.3. The highest BCUT2D eigenvalue weighted by molar-refractivity contribution is 6.36. The second kappa shape index (κ2) is 15.5. The topological polar surface area (TPSA) is 163 Å². The van der Waals surface area contributed by atoms with Gasteiger partial charge in [-0.05, 0) is 64.2 Å². The van der Waals surface area contributed by atoms with Crippen LogP contribution in [-0.2, 0) is 9.47 Å². The molecule has 5 aromatic rings. The predicted octanol–water partition coefficient (Wildman–Crippen LogP) is 7.80. The summed E-state index contributed by atoms with van der Waals surface area (Å²) in [6.07, 6.45) is 1.70. The van der Waals surface area contributed by atoms with Crippen molar-refractivity contribution in [3.63, 3.8) is 0 Å². The molecule has 58 heavy (non-hydrogen) atoms. The third kappa shape index (κ3) is 7.85. The lowest BCUT2D eigenvalue weighted by Crippen LogP contribution is -2.57. The van der Waals surface area contributed by atoms with E-state index < -0.39 is 28.6 Å². The van der Waals surface area contributed by atoms with Crippen molar-refractivity contribution >= 4 is 57.0 Å². The van der Waals surface area contributed by atoms with Gasteiger partial charge in [0.1, 0.15) is 41.1 Å². The molecule has 3 saturated heterocycles. The van der Waals surface area contributed by atoms with Crippen LogP contribution < -0.4 is 14.4 Å². The molecule has 3 aliphatic heterocycles. The Labute approximate surface area is 337 Å². The lowest BCUT2D eigenvalue weighted by Gasteiger charge is -2.42. The Morgan fingerprint density at radius 2 is 1.71 bits per heavy atom. The summed E-state index contributed by atoms with van der Waals surface area (Å²) in [5.41, 5.74) is -0.166. The lowest BCUT2D eigenvalue weighted by atomic mass is 10.0. The Morgan fingerprint density at radius 3 is 2.40 bits per heavy atom. The number of rotatable bonds is 8. The van der Waals surface area contributed by atoms with Gasteiger partial charge >= 0.3 is 18.3 Å². The number of nitrogens with zero attached hydrogens (tertiary/aromatic N) is 7. The van der Waals surface area contributed by atoms with E-state index in [-0.39, 0.29) is 59.5 Å². The van der Waals surface area contributed by atoms with E-state index in [9.17, 15) is 19.7 Å². The summed E-state index contributed by atoms with van der Waals surface area (Å²) in [6, 6.07) is 15.5. The summed E-state index contributed by atoms with van der Waals surface area (Å²) in [7, 11) is 1.86. The number of fused-ring (bicyclic) bond motifs is 4.